The molecule has 7 heteroatoms. The highest BCUT2D eigenvalue weighted by Gasteiger charge is 2.25. The minimum absolute atomic E-state index is 0.0499. The van der Waals surface area contributed by atoms with E-state index in [0.717, 1.165) is 5.56 Å². The molecule has 0 saturated carbocycles. The van der Waals surface area contributed by atoms with E-state index in [1.54, 1.807) is 30.3 Å². The van der Waals surface area contributed by atoms with Crippen molar-refractivity contribution in [3.63, 3.8) is 0 Å². The van der Waals surface area contributed by atoms with Crippen LogP contribution in [0.25, 0.3) is 0 Å². The van der Waals surface area contributed by atoms with E-state index in [2.05, 4.69) is 10.9 Å². The molecular formula is C19H19N3O4. The quantitative estimate of drug-likeness (QED) is 0.817. The SMILES string of the molecule is Cc1ccc(C(=O)NNC(=O)CCN2C(=O)COc3ccccc32)cc1. The molecule has 0 aromatic heterocycles. The summed E-state index contributed by atoms with van der Waals surface area (Å²) in [6.45, 7) is 2.07. The fourth-order valence-corrected chi connectivity index (χ4v) is 2.58. The number of rotatable bonds is 4. The smallest absolute Gasteiger partial charge is 0.269 e. The number of para-hydroxylation sites is 2. The summed E-state index contributed by atoms with van der Waals surface area (Å²) in [6.07, 6.45) is 0.0499. The van der Waals surface area contributed by atoms with E-state index in [4.69, 9.17) is 4.74 Å². The van der Waals surface area contributed by atoms with Crippen LogP contribution in [0.3, 0.4) is 0 Å². The van der Waals surface area contributed by atoms with Crippen LogP contribution >= 0.6 is 0 Å². The van der Waals surface area contributed by atoms with Crippen LogP contribution in [0.1, 0.15) is 22.3 Å². The highest BCUT2D eigenvalue weighted by Crippen LogP contribution is 2.31. The molecule has 2 aromatic rings. The summed E-state index contributed by atoms with van der Waals surface area (Å²) in [5.41, 5.74) is 6.87. The van der Waals surface area contributed by atoms with Crippen LogP contribution in [0.5, 0.6) is 5.75 Å². The molecule has 0 fully saturated rings. The number of hydrogen-bond donors (Lipinski definition) is 2. The fraction of sp³-hybridized carbons (Fsp3) is 0.211. The van der Waals surface area contributed by atoms with Crippen LogP contribution < -0.4 is 20.5 Å². The van der Waals surface area contributed by atoms with Gasteiger partial charge in [-0.25, -0.2) is 0 Å². The number of ether oxygens (including phenoxy) is 1. The normalized spacial score (nSPS) is 12.8. The second-order valence-corrected chi connectivity index (χ2v) is 5.92. The Morgan fingerprint density at radius 3 is 2.58 bits per heavy atom. The van der Waals surface area contributed by atoms with Crippen LogP contribution in [-0.4, -0.2) is 30.9 Å². The Bertz CT molecular complexity index is 833. The van der Waals surface area contributed by atoms with Gasteiger partial charge in [0.1, 0.15) is 5.75 Å². The van der Waals surface area contributed by atoms with Gasteiger partial charge in [-0.2, -0.15) is 0 Å². The molecule has 134 valence electrons. The predicted octanol–water partition coefficient (Wildman–Crippen LogP) is 1.57. The average Bonchev–Trinajstić information content (AvgIpc) is 2.66. The maximum Gasteiger partial charge on any atom is 0.269 e. The van der Waals surface area contributed by atoms with Gasteiger partial charge < -0.3 is 9.64 Å². The largest absolute Gasteiger partial charge is 0.482 e. The average molecular weight is 353 g/mol. The van der Waals surface area contributed by atoms with Gasteiger partial charge in [0.05, 0.1) is 5.69 Å². The minimum atomic E-state index is -0.397. The molecule has 2 N–H and O–H groups in total. The lowest BCUT2D eigenvalue weighted by molar-refractivity contribution is -0.122. The Morgan fingerprint density at radius 2 is 1.81 bits per heavy atom. The molecule has 2 aromatic carbocycles. The van der Waals surface area contributed by atoms with Gasteiger partial charge in [-0.1, -0.05) is 29.8 Å². The summed E-state index contributed by atoms with van der Waals surface area (Å²) in [5, 5.41) is 0. The van der Waals surface area contributed by atoms with E-state index in [0.29, 0.717) is 17.0 Å². The first-order chi connectivity index (χ1) is 12.5. The van der Waals surface area contributed by atoms with Crippen LogP contribution in [0.15, 0.2) is 48.5 Å². The van der Waals surface area contributed by atoms with Crippen LogP contribution in [-0.2, 0) is 9.59 Å². The first-order valence-electron chi connectivity index (χ1n) is 8.22. The number of benzene rings is 2. The summed E-state index contributed by atoms with van der Waals surface area (Å²) in [5.74, 6) is -0.381. The molecule has 3 amide bonds. The van der Waals surface area contributed by atoms with Gasteiger partial charge in [0.25, 0.3) is 11.8 Å². The molecule has 1 aliphatic rings. The molecule has 26 heavy (non-hydrogen) atoms. The van der Waals surface area contributed by atoms with Gasteiger partial charge in [0, 0.05) is 18.5 Å². The van der Waals surface area contributed by atoms with Crippen LogP contribution in [0.4, 0.5) is 5.69 Å². The number of amides is 3. The van der Waals surface area contributed by atoms with Crippen molar-refractivity contribution in [2.45, 2.75) is 13.3 Å². The summed E-state index contributed by atoms with van der Waals surface area (Å²) in [6, 6.07) is 14.2. The van der Waals surface area contributed by atoms with E-state index < -0.39 is 5.91 Å². The third-order valence-corrected chi connectivity index (χ3v) is 4.00. The zero-order valence-electron chi connectivity index (χ0n) is 14.3. The second kappa shape index (κ2) is 7.69. The van der Waals surface area contributed by atoms with Crippen molar-refractivity contribution >= 4 is 23.4 Å². The van der Waals surface area contributed by atoms with Gasteiger partial charge in [-0.3, -0.25) is 25.2 Å². The Kier molecular flexibility index (Phi) is 5.17. The Hall–Kier alpha value is -3.35. The first-order valence-corrected chi connectivity index (χ1v) is 8.22. The molecule has 0 spiro atoms. The predicted molar refractivity (Wildman–Crippen MR) is 95.7 cm³/mol. The van der Waals surface area contributed by atoms with Crippen molar-refractivity contribution in [3.05, 3.63) is 59.7 Å². The summed E-state index contributed by atoms with van der Waals surface area (Å²) in [4.78, 5) is 37.5. The van der Waals surface area contributed by atoms with Crippen molar-refractivity contribution in [3.8, 4) is 5.75 Å². The lowest BCUT2D eigenvalue weighted by atomic mass is 10.1. The molecule has 0 saturated heterocycles. The van der Waals surface area contributed by atoms with Gasteiger partial charge >= 0.3 is 0 Å². The summed E-state index contributed by atoms with van der Waals surface area (Å²) in [7, 11) is 0. The highest BCUT2D eigenvalue weighted by atomic mass is 16.5. The number of anilines is 1. The van der Waals surface area contributed by atoms with E-state index in [1.165, 1.54) is 4.90 Å². The van der Waals surface area contributed by atoms with Crippen molar-refractivity contribution in [1.82, 2.24) is 10.9 Å². The molecule has 0 aliphatic carbocycles. The number of fused-ring (bicyclic) bond motifs is 1. The molecule has 0 radical (unpaired) electrons. The topological polar surface area (TPSA) is 87.7 Å². The summed E-state index contributed by atoms with van der Waals surface area (Å²) >= 11 is 0. The van der Waals surface area contributed by atoms with Gasteiger partial charge in [-0.05, 0) is 31.2 Å². The minimum Gasteiger partial charge on any atom is -0.482 e. The molecule has 1 heterocycles. The van der Waals surface area contributed by atoms with Crippen LogP contribution in [0.2, 0.25) is 0 Å². The van der Waals surface area contributed by atoms with E-state index in [9.17, 15) is 14.4 Å². The monoisotopic (exact) mass is 353 g/mol. The number of aryl methyl sites for hydroxylation is 1. The van der Waals surface area contributed by atoms with Crippen molar-refractivity contribution in [2.24, 2.45) is 0 Å². The zero-order valence-corrected chi connectivity index (χ0v) is 14.3. The Morgan fingerprint density at radius 1 is 1.08 bits per heavy atom. The highest BCUT2D eigenvalue weighted by molar-refractivity contribution is 5.98. The van der Waals surface area contributed by atoms with E-state index >= 15 is 0 Å². The van der Waals surface area contributed by atoms with E-state index in [1.807, 2.05) is 25.1 Å². The second-order valence-electron chi connectivity index (χ2n) is 5.92. The van der Waals surface area contributed by atoms with Crippen molar-refractivity contribution in [2.75, 3.05) is 18.1 Å². The van der Waals surface area contributed by atoms with E-state index in [-0.39, 0.29) is 31.4 Å². The Balaban J connectivity index is 1.52. The molecular weight excluding hydrogens is 334 g/mol. The summed E-state index contributed by atoms with van der Waals surface area (Å²) < 4.78 is 5.36. The van der Waals surface area contributed by atoms with Crippen LogP contribution in [0, 0.1) is 6.92 Å². The van der Waals surface area contributed by atoms with Crippen molar-refractivity contribution in [1.29, 1.82) is 0 Å². The number of hydrazine groups is 1. The molecule has 0 unspecified atom stereocenters. The van der Waals surface area contributed by atoms with Gasteiger partial charge in [-0.15, -0.1) is 0 Å². The molecule has 3 rings (SSSR count). The fourth-order valence-electron chi connectivity index (χ4n) is 2.58. The number of nitrogens with zero attached hydrogens (tertiary/aromatic N) is 1. The number of carbonyl (C=O) groups excluding carboxylic acids is 3. The molecule has 1 aliphatic heterocycles. The lowest BCUT2D eigenvalue weighted by Crippen LogP contribution is -2.44. The number of carbonyl (C=O) groups is 3. The van der Waals surface area contributed by atoms with Gasteiger partial charge in [0.2, 0.25) is 5.91 Å². The zero-order chi connectivity index (χ0) is 18.5. The lowest BCUT2D eigenvalue weighted by Gasteiger charge is -2.29. The maximum absolute atomic E-state index is 12.0. The molecule has 7 nitrogen and oxygen atoms in total. The third-order valence-electron chi connectivity index (χ3n) is 4.00. The van der Waals surface area contributed by atoms with Gasteiger partial charge in [0.15, 0.2) is 6.61 Å². The molecule has 0 atom stereocenters. The number of hydrogen-bond acceptors (Lipinski definition) is 4. The molecule has 0 bridgehead atoms. The Labute approximate surface area is 150 Å². The number of nitrogens with one attached hydrogen (secondary N) is 2. The standard InChI is InChI=1S/C19H19N3O4/c1-13-6-8-14(9-7-13)19(25)21-20-17(23)10-11-22-15-4-2-3-5-16(15)26-12-18(22)24/h2-9H,10-12H2,1H3,(H,20,23)(H,21,25). The third kappa shape index (κ3) is 4.00. The first kappa shape index (κ1) is 17.5. The maximum atomic E-state index is 12.0. The van der Waals surface area contributed by atoms with Crippen molar-refractivity contribution < 1.29 is 19.1 Å².